The van der Waals surface area contributed by atoms with Crippen LogP contribution in [-0.2, 0) is 19.5 Å². The van der Waals surface area contributed by atoms with E-state index >= 15 is 0 Å². The van der Waals surface area contributed by atoms with Gasteiger partial charge in [-0.05, 0) is 36.5 Å². The van der Waals surface area contributed by atoms with Crippen LogP contribution in [0.2, 0.25) is 0 Å². The van der Waals surface area contributed by atoms with E-state index < -0.39 is 0 Å². The lowest BCUT2D eigenvalue weighted by atomic mass is 10.1. The normalized spacial score (nSPS) is 14.2. The topological polar surface area (TPSA) is 66.8 Å². The molecule has 0 bridgehead atoms. The van der Waals surface area contributed by atoms with Crippen LogP contribution in [0.25, 0.3) is 0 Å². The number of likely N-dealkylation sites (N-methyl/N-ethyl adjacent to an activating group) is 1. The molecule has 0 aliphatic carbocycles. The Morgan fingerprint density at radius 3 is 2.92 bits per heavy atom. The van der Waals surface area contributed by atoms with Crippen molar-refractivity contribution in [1.82, 2.24) is 25.1 Å². The van der Waals surface area contributed by atoms with Crippen LogP contribution in [0.3, 0.4) is 0 Å². The van der Waals surface area contributed by atoms with Crippen molar-refractivity contribution >= 4 is 28.2 Å². The number of nitrogens with one attached hydrogen (secondary N) is 1. The Bertz CT molecular complexity index is 899. The van der Waals surface area contributed by atoms with Gasteiger partial charge in [-0.15, -0.1) is 10.2 Å². The number of hydrogen-bond donors (Lipinski definition) is 1. The molecule has 4 rings (SSSR count). The molecule has 1 N–H and O–H groups in total. The quantitative estimate of drug-likeness (QED) is 0.673. The van der Waals surface area contributed by atoms with Crippen LogP contribution in [0.4, 0.5) is 9.52 Å². The van der Waals surface area contributed by atoms with Crippen LogP contribution in [0.15, 0.2) is 40.0 Å². The molecule has 134 valence electrons. The predicted molar refractivity (Wildman–Crippen MR) is 99.8 cm³/mol. The van der Waals surface area contributed by atoms with Crippen molar-refractivity contribution in [1.29, 1.82) is 0 Å². The van der Waals surface area contributed by atoms with Crippen molar-refractivity contribution in [3.05, 3.63) is 53.2 Å². The molecule has 9 heteroatoms. The average Bonchev–Trinajstić information content (AvgIpc) is 3.09. The van der Waals surface area contributed by atoms with Gasteiger partial charge >= 0.3 is 0 Å². The Balaban J connectivity index is 1.43. The number of halogens is 1. The summed E-state index contributed by atoms with van der Waals surface area (Å²) in [5, 5.41) is 13.3. The van der Waals surface area contributed by atoms with Crippen LogP contribution >= 0.6 is 23.1 Å². The summed E-state index contributed by atoms with van der Waals surface area (Å²) in [5.41, 5.74) is 3.30. The summed E-state index contributed by atoms with van der Waals surface area (Å²) in [5.74, 6) is -0.234. The van der Waals surface area contributed by atoms with E-state index in [-0.39, 0.29) is 5.82 Å². The van der Waals surface area contributed by atoms with Crippen molar-refractivity contribution in [3.63, 3.8) is 0 Å². The molecule has 1 aliphatic rings. The van der Waals surface area contributed by atoms with E-state index in [0.717, 1.165) is 45.3 Å². The van der Waals surface area contributed by atoms with Crippen LogP contribution in [0.5, 0.6) is 0 Å². The molecule has 3 aromatic rings. The van der Waals surface area contributed by atoms with Gasteiger partial charge in [0.1, 0.15) is 17.2 Å². The van der Waals surface area contributed by atoms with Crippen molar-refractivity contribution in [2.75, 3.05) is 18.9 Å². The van der Waals surface area contributed by atoms with Gasteiger partial charge in [0.05, 0.1) is 5.69 Å². The zero-order chi connectivity index (χ0) is 17.9. The molecular formula is C17H17FN6S2. The van der Waals surface area contributed by atoms with Gasteiger partial charge in [-0.1, -0.05) is 23.5 Å². The summed E-state index contributed by atoms with van der Waals surface area (Å²) in [6.07, 6.45) is 2.57. The van der Waals surface area contributed by atoms with Gasteiger partial charge in [0, 0.05) is 31.6 Å². The average molecular weight is 388 g/mol. The van der Waals surface area contributed by atoms with Crippen LogP contribution in [0, 0.1) is 5.82 Å². The molecule has 0 amide bonds. The summed E-state index contributed by atoms with van der Waals surface area (Å²) in [7, 11) is 2.10. The second kappa shape index (κ2) is 7.65. The molecular weight excluding hydrogens is 371 g/mol. The highest BCUT2D eigenvalue weighted by molar-refractivity contribution is 8.01. The number of aromatic nitrogens is 4. The zero-order valence-electron chi connectivity index (χ0n) is 14.1. The summed E-state index contributed by atoms with van der Waals surface area (Å²) >= 11 is 3.01. The molecule has 0 unspecified atom stereocenters. The Morgan fingerprint density at radius 2 is 2.08 bits per heavy atom. The fraction of sp³-hybridized carbons (Fsp3) is 0.294. The Morgan fingerprint density at radius 1 is 1.23 bits per heavy atom. The summed E-state index contributed by atoms with van der Waals surface area (Å²) in [6, 6.07) is 6.41. The van der Waals surface area contributed by atoms with E-state index in [4.69, 9.17) is 0 Å². The van der Waals surface area contributed by atoms with Gasteiger partial charge in [-0.3, -0.25) is 0 Å². The van der Waals surface area contributed by atoms with Gasteiger partial charge in [-0.2, -0.15) is 0 Å². The zero-order valence-corrected chi connectivity index (χ0v) is 15.8. The lowest BCUT2D eigenvalue weighted by molar-refractivity contribution is 0.305. The predicted octanol–water partition coefficient (Wildman–Crippen LogP) is 3.22. The molecule has 2 aromatic heterocycles. The first-order valence-corrected chi connectivity index (χ1v) is 9.81. The van der Waals surface area contributed by atoms with E-state index in [0.29, 0.717) is 6.54 Å². The maximum absolute atomic E-state index is 12.9. The Kier molecular flexibility index (Phi) is 5.09. The van der Waals surface area contributed by atoms with Gasteiger partial charge in [0.25, 0.3) is 0 Å². The highest BCUT2D eigenvalue weighted by Gasteiger charge is 2.20. The summed E-state index contributed by atoms with van der Waals surface area (Å²) in [4.78, 5) is 11.1. The van der Waals surface area contributed by atoms with E-state index in [9.17, 15) is 4.39 Å². The first kappa shape index (κ1) is 17.3. The van der Waals surface area contributed by atoms with E-state index in [2.05, 4.69) is 37.4 Å². The monoisotopic (exact) mass is 388 g/mol. The first-order valence-electron chi connectivity index (χ1n) is 8.18. The second-order valence-electron chi connectivity index (χ2n) is 6.05. The number of benzene rings is 1. The van der Waals surface area contributed by atoms with Gasteiger partial charge in [-0.25, -0.2) is 14.4 Å². The molecule has 0 atom stereocenters. The number of anilines is 1. The van der Waals surface area contributed by atoms with Crippen molar-refractivity contribution < 1.29 is 4.39 Å². The van der Waals surface area contributed by atoms with E-state index in [1.54, 1.807) is 18.5 Å². The Labute approximate surface area is 158 Å². The third-order valence-corrected chi connectivity index (χ3v) is 6.08. The lowest BCUT2D eigenvalue weighted by Gasteiger charge is -2.24. The molecule has 6 nitrogen and oxygen atoms in total. The highest BCUT2D eigenvalue weighted by Crippen LogP contribution is 2.34. The number of rotatable bonds is 5. The van der Waals surface area contributed by atoms with E-state index in [1.807, 2.05) is 0 Å². The van der Waals surface area contributed by atoms with Gasteiger partial charge in [0.15, 0.2) is 4.34 Å². The molecule has 0 saturated heterocycles. The lowest BCUT2D eigenvalue weighted by Crippen LogP contribution is -2.28. The molecule has 1 aliphatic heterocycles. The molecule has 0 spiro atoms. The van der Waals surface area contributed by atoms with Crippen LogP contribution in [-0.4, -0.2) is 38.7 Å². The third-order valence-electron chi connectivity index (χ3n) is 4.10. The van der Waals surface area contributed by atoms with E-state index in [1.165, 1.54) is 40.8 Å². The van der Waals surface area contributed by atoms with Crippen molar-refractivity contribution in [3.8, 4) is 0 Å². The minimum atomic E-state index is -0.234. The second-order valence-corrected chi connectivity index (χ2v) is 8.26. The number of hydrogen-bond acceptors (Lipinski definition) is 8. The Hall–Kier alpha value is -2.10. The SMILES string of the molecule is CN1CCc2ncnc(Sc3nnc(NCc4ccc(F)cc4)s3)c2C1. The number of fused-ring (bicyclic) bond motifs is 1. The maximum Gasteiger partial charge on any atom is 0.206 e. The van der Waals surface area contributed by atoms with Gasteiger partial charge in [0.2, 0.25) is 5.13 Å². The summed E-state index contributed by atoms with van der Waals surface area (Å²) in [6.45, 7) is 2.45. The fourth-order valence-corrected chi connectivity index (χ4v) is 4.49. The standard InChI is InChI=1S/C17H17FN6S2/c1-24-7-6-14-13(9-24)15(21-10-20-14)25-17-23-22-16(26-17)19-8-11-2-4-12(18)5-3-11/h2-5,10H,6-9H2,1H3,(H,19,22). The largest absolute Gasteiger partial charge is 0.356 e. The molecule has 1 aromatic carbocycles. The summed E-state index contributed by atoms with van der Waals surface area (Å²) < 4.78 is 13.8. The van der Waals surface area contributed by atoms with Crippen molar-refractivity contribution in [2.45, 2.75) is 28.9 Å². The minimum absolute atomic E-state index is 0.234. The van der Waals surface area contributed by atoms with Crippen LogP contribution in [0.1, 0.15) is 16.8 Å². The highest BCUT2D eigenvalue weighted by atomic mass is 32.2. The minimum Gasteiger partial charge on any atom is -0.356 e. The van der Waals surface area contributed by atoms with Crippen LogP contribution < -0.4 is 5.32 Å². The number of nitrogens with zero attached hydrogens (tertiary/aromatic N) is 5. The van der Waals surface area contributed by atoms with Gasteiger partial charge < -0.3 is 10.2 Å². The third kappa shape index (κ3) is 4.00. The molecule has 3 heterocycles. The maximum atomic E-state index is 12.9. The molecule has 0 radical (unpaired) electrons. The molecule has 26 heavy (non-hydrogen) atoms. The fourth-order valence-electron chi connectivity index (χ4n) is 2.72. The molecule has 0 fully saturated rings. The molecule has 0 saturated carbocycles. The first-order chi connectivity index (χ1) is 12.7. The van der Waals surface area contributed by atoms with Crippen molar-refractivity contribution in [2.24, 2.45) is 0 Å². The smallest absolute Gasteiger partial charge is 0.206 e.